The second kappa shape index (κ2) is 24.9. The summed E-state index contributed by atoms with van der Waals surface area (Å²) in [5.74, 6) is 5.52. The fourth-order valence-electron chi connectivity index (χ4n) is 9.25. The second-order valence-corrected chi connectivity index (χ2v) is 22.6. The van der Waals surface area contributed by atoms with E-state index in [1.165, 1.54) is 139 Å². The second-order valence-electron chi connectivity index (χ2n) is 14.8. The van der Waals surface area contributed by atoms with Gasteiger partial charge in [-0.1, -0.05) is 92.9 Å². The molecule has 0 radical (unpaired) electrons. The number of benzene rings is 2. The average molecular weight is 906 g/mol. The molecule has 0 aromatic heterocycles. The Kier molecular flexibility index (Phi) is 21.1. The van der Waals surface area contributed by atoms with Gasteiger partial charge in [0.25, 0.3) is 0 Å². The first-order chi connectivity index (χ1) is 26.0. The molecule has 6 nitrogen and oxygen atoms in total. The van der Waals surface area contributed by atoms with Crippen LogP contribution in [-0.4, -0.2) is 65.3 Å². The Morgan fingerprint density at radius 3 is 0.774 bits per heavy atom. The zero-order valence-corrected chi connectivity index (χ0v) is 38.0. The van der Waals surface area contributed by atoms with E-state index in [-0.39, 0.29) is 31.8 Å². The van der Waals surface area contributed by atoms with E-state index in [0.717, 1.165) is 57.1 Å². The SMILES string of the molecule is COc1cc(OC)c(P(C2CCCCC2)C2CCCCC2)c(OC)c1.COc1cc(OC)c(P(C2CCCCC2)C2CCCCC2)c(OC)c1.[Cl][Pd][Cl]. The molecule has 4 fully saturated rings. The minimum absolute atomic E-state index is 0.106. The molecule has 0 spiro atoms. The van der Waals surface area contributed by atoms with Crippen LogP contribution in [0.2, 0.25) is 0 Å². The maximum absolute atomic E-state index is 5.85. The van der Waals surface area contributed by atoms with Crippen LogP contribution in [0.1, 0.15) is 128 Å². The van der Waals surface area contributed by atoms with Crippen LogP contribution < -0.4 is 39.0 Å². The van der Waals surface area contributed by atoms with E-state index in [4.69, 9.17) is 47.5 Å². The number of halogens is 2. The van der Waals surface area contributed by atoms with Crippen molar-refractivity contribution in [1.82, 2.24) is 0 Å². The van der Waals surface area contributed by atoms with Crippen molar-refractivity contribution in [2.45, 2.75) is 151 Å². The van der Waals surface area contributed by atoms with Gasteiger partial charge in [0.05, 0.1) is 53.3 Å². The number of rotatable bonds is 12. The van der Waals surface area contributed by atoms with Crippen molar-refractivity contribution < 1.29 is 44.4 Å². The fourth-order valence-corrected chi connectivity index (χ4v) is 17.2. The van der Waals surface area contributed by atoms with E-state index in [9.17, 15) is 0 Å². The van der Waals surface area contributed by atoms with Gasteiger partial charge in [-0.3, -0.25) is 0 Å². The van der Waals surface area contributed by atoms with Crippen LogP contribution >= 0.6 is 34.9 Å². The van der Waals surface area contributed by atoms with Gasteiger partial charge >= 0.3 is 35.0 Å². The topological polar surface area (TPSA) is 55.4 Å². The van der Waals surface area contributed by atoms with Crippen LogP contribution in [0.25, 0.3) is 0 Å². The van der Waals surface area contributed by atoms with Crippen molar-refractivity contribution in [3.63, 3.8) is 0 Å². The van der Waals surface area contributed by atoms with Crippen molar-refractivity contribution in [2.24, 2.45) is 0 Å². The molecule has 2 aromatic rings. The zero-order chi connectivity index (χ0) is 38.0. The first-order valence-corrected chi connectivity index (χ1v) is 26.9. The maximum atomic E-state index is 5.85. The third kappa shape index (κ3) is 12.7. The van der Waals surface area contributed by atoms with Crippen LogP contribution in [0, 0.1) is 0 Å². The van der Waals surface area contributed by atoms with Gasteiger partial charge in [0.15, 0.2) is 0 Å². The van der Waals surface area contributed by atoms with E-state index in [1.807, 2.05) is 0 Å². The van der Waals surface area contributed by atoms with Crippen LogP contribution in [0.3, 0.4) is 0 Å². The summed E-state index contributed by atoms with van der Waals surface area (Å²) in [5, 5.41) is 2.72. The molecule has 6 rings (SSSR count). The molecule has 0 amide bonds. The van der Waals surface area contributed by atoms with Crippen molar-refractivity contribution in [2.75, 3.05) is 42.7 Å². The molecule has 4 saturated carbocycles. The van der Waals surface area contributed by atoms with Crippen LogP contribution in [-0.2, 0) is 15.9 Å². The van der Waals surface area contributed by atoms with Crippen molar-refractivity contribution >= 4 is 45.5 Å². The summed E-state index contributed by atoms with van der Waals surface area (Å²) >= 11 is -0.106. The van der Waals surface area contributed by atoms with Crippen LogP contribution in [0.15, 0.2) is 24.3 Å². The molecule has 11 heteroatoms. The Morgan fingerprint density at radius 2 is 0.604 bits per heavy atom. The van der Waals surface area contributed by atoms with Gasteiger partial charge in [-0.15, -0.1) is 0 Å². The first kappa shape index (κ1) is 45.0. The Balaban J connectivity index is 0.000000220. The summed E-state index contributed by atoms with van der Waals surface area (Å²) in [4.78, 5) is 0. The van der Waals surface area contributed by atoms with Crippen LogP contribution in [0.4, 0.5) is 0 Å². The molecule has 0 N–H and O–H groups in total. The summed E-state index contributed by atoms with van der Waals surface area (Å²) < 4.78 is 34.3. The molecule has 0 saturated heterocycles. The number of ether oxygens (including phenoxy) is 6. The monoisotopic (exact) mass is 904 g/mol. The van der Waals surface area contributed by atoms with Gasteiger partial charge in [0.1, 0.15) is 34.5 Å². The third-order valence-electron chi connectivity index (χ3n) is 11.8. The molecule has 0 heterocycles. The summed E-state index contributed by atoms with van der Waals surface area (Å²) in [6, 6.07) is 8.22. The van der Waals surface area contributed by atoms with Crippen molar-refractivity contribution in [3.8, 4) is 34.5 Å². The first-order valence-electron chi connectivity index (χ1n) is 20.0. The standard InChI is InChI=1S/2C21H33O3P.2ClH.Pd/c2*1-22-16-14-19(23-2)21(20(15-16)24-3)25(17-10-6-4-7-11-17)18-12-8-5-9-13-18;;;/h2*14-15,17-18H,4-13H2,1-3H3;2*1H;/q;;;;+2/p-2. The quantitative estimate of drug-likeness (QED) is 0.156. The van der Waals surface area contributed by atoms with Crippen LogP contribution in [0.5, 0.6) is 34.5 Å². The molecule has 2 aromatic carbocycles. The average Bonchev–Trinajstić information content (AvgIpc) is 3.23. The van der Waals surface area contributed by atoms with Crippen molar-refractivity contribution in [3.05, 3.63) is 24.3 Å². The molecular weight excluding hydrogens is 840 g/mol. The van der Waals surface area contributed by atoms with E-state index >= 15 is 0 Å². The normalized spacial score (nSPS) is 19.1. The predicted molar refractivity (Wildman–Crippen MR) is 225 cm³/mol. The summed E-state index contributed by atoms with van der Waals surface area (Å²) in [5.41, 5.74) is 3.29. The Morgan fingerprint density at radius 1 is 0.396 bits per heavy atom. The molecule has 0 bridgehead atoms. The van der Waals surface area contributed by atoms with Gasteiger partial charge in [-0.2, -0.15) is 0 Å². The van der Waals surface area contributed by atoms with Gasteiger partial charge in [0.2, 0.25) is 0 Å². The van der Waals surface area contributed by atoms with E-state index < -0.39 is 0 Å². The van der Waals surface area contributed by atoms with E-state index in [0.29, 0.717) is 0 Å². The molecule has 0 atom stereocenters. The molecule has 304 valence electrons. The number of hydrogen-bond donors (Lipinski definition) is 0. The zero-order valence-electron chi connectivity index (χ0n) is 33.2. The van der Waals surface area contributed by atoms with Gasteiger partial charge in [-0.05, 0) is 74.0 Å². The fraction of sp³-hybridized carbons (Fsp3) is 0.714. The molecule has 0 unspecified atom stereocenters. The van der Waals surface area contributed by atoms with Gasteiger partial charge in [-0.25, -0.2) is 0 Å². The third-order valence-corrected chi connectivity index (χ3v) is 18.9. The van der Waals surface area contributed by atoms with Crippen molar-refractivity contribution in [1.29, 1.82) is 0 Å². The summed E-state index contributed by atoms with van der Waals surface area (Å²) in [6.07, 6.45) is 27.7. The van der Waals surface area contributed by atoms with E-state index in [2.05, 4.69) is 24.3 Å². The molecular formula is C42H66Cl2O6P2Pd. The summed E-state index contributed by atoms with van der Waals surface area (Å²) in [7, 11) is 19.6. The number of methoxy groups -OCH3 is 6. The minimum atomic E-state index is -0.268. The molecule has 53 heavy (non-hydrogen) atoms. The Hall–Kier alpha value is -0.658. The number of hydrogen-bond acceptors (Lipinski definition) is 6. The predicted octanol–water partition coefficient (Wildman–Crippen LogP) is 12.3. The Labute approximate surface area is 340 Å². The molecule has 0 aliphatic heterocycles. The van der Waals surface area contributed by atoms with E-state index in [1.54, 1.807) is 42.7 Å². The molecule has 4 aliphatic carbocycles. The Bertz CT molecular complexity index is 1150. The van der Waals surface area contributed by atoms with Gasteiger partial charge in [0, 0.05) is 24.3 Å². The molecule has 4 aliphatic rings. The summed E-state index contributed by atoms with van der Waals surface area (Å²) in [6.45, 7) is 0. The van der Waals surface area contributed by atoms with Gasteiger partial charge < -0.3 is 28.4 Å².